The van der Waals surface area contributed by atoms with Gasteiger partial charge in [0.05, 0.1) is 6.10 Å². The van der Waals surface area contributed by atoms with Gasteiger partial charge in [-0.05, 0) is 18.8 Å². The number of amides is 3. The van der Waals surface area contributed by atoms with Crippen LogP contribution in [0.4, 0.5) is 4.79 Å². The Hall–Kier alpha value is -1.83. The Bertz CT molecular complexity index is 385. The molecule has 0 radical (unpaired) electrons. The topological polar surface area (TPSA) is 131 Å². The molecule has 1 aliphatic rings. The molecule has 1 rings (SSSR count). The summed E-state index contributed by atoms with van der Waals surface area (Å²) >= 11 is 0. The number of ether oxygens (including phenoxy) is 1. The predicted molar refractivity (Wildman–Crippen MR) is 69.9 cm³/mol. The highest BCUT2D eigenvalue weighted by Crippen LogP contribution is 2.19. The van der Waals surface area contributed by atoms with E-state index in [1.165, 1.54) is 0 Å². The molecular weight excluding hydrogens is 266 g/mol. The van der Waals surface area contributed by atoms with Crippen LogP contribution in [0.25, 0.3) is 0 Å². The molecule has 1 saturated heterocycles. The highest BCUT2D eigenvalue weighted by Gasteiger charge is 2.30. The number of urea groups is 1. The number of carboxylic acids is 1. The minimum Gasteiger partial charge on any atom is -0.479 e. The Labute approximate surface area is 117 Å². The molecule has 3 amide bonds. The number of rotatable bonds is 6. The van der Waals surface area contributed by atoms with Gasteiger partial charge in [0.25, 0.3) is 0 Å². The molecule has 3 unspecified atom stereocenters. The molecule has 8 heteroatoms. The van der Waals surface area contributed by atoms with Gasteiger partial charge in [0.1, 0.15) is 6.04 Å². The maximum atomic E-state index is 11.6. The van der Waals surface area contributed by atoms with Crippen molar-refractivity contribution in [1.82, 2.24) is 10.6 Å². The van der Waals surface area contributed by atoms with Gasteiger partial charge in [-0.3, -0.25) is 4.79 Å². The van der Waals surface area contributed by atoms with Gasteiger partial charge in [-0.1, -0.05) is 13.8 Å². The fraction of sp³-hybridized carbons (Fsp3) is 0.750. The molecule has 20 heavy (non-hydrogen) atoms. The number of hydrogen-bond acceptors (Lipinski definition) is 4. The van der Waals surface area contributed by atoms with E-state index in [9.17, 15) is 14.4 Å². The molecular formula is C12H21N3O5. The molecule has 0 aromatic carbocycles. The monoisotopic (exact) mass is 287 g/mol. The Balaban J connectivity index is 2.33. The van der Waals surface area contributed by atoms with E-state index < -0.39 is 30.1 Å². The van der Waals surface area contributed by atoms with Gasteiger partial charge in [0, 0.05) is 6.54 Å². The molecule has 1 fully saturated rings. The second-order valence-electron chi connectivity index (χ2n) is 5.14. The zero-order valence-electron chi connectivity index (χ0n) is 11.6. The fourth-order valence-electron chi connectivity index (χ4n) is 2.00. The zero-order valence-corrected chi connectivity index (χ0v) is 11.6. The highest BCUT2D eigenvalue weighted by atomic mass is 16.5. The van der Waals surface area contributed by atoms with Crippen molar-refractivity contribution in [3.8, 4) is 0 Å². The Kier molecular flexibility index (Phi) is 5.75. The fourth-order valence-corrected chi connectivity index (χ4v) is 2.00. The molecule has 1 heterocycles. The molecule has 0 bridgehead atoms. The molecule has 0 spiro atoms. The highest BCUT2D eigenvalue weighted by molar-refractivity contribution is 5.86. The van der Waals surface area contributed by atoms with Gasteiger partial charge >= 0.3 is 12.0 Å². The first-order valence-corrected chi connectivity index (χ1v) is 6.53. The summed E-state index contributed by atoms with van der Waals surface area (Å²) in [4.78, 5) is 33.5. The van der Waals surface area contributed by atoms with Crippen LogP contribution in [0.15, 0.2) is 0 Å². The molecule has 3 atom stereocenters. The van der Waals surface area contributed by atoms with Crippen molar-refractivity contribution >= 4 is 17.9 Å². The lowest BCUT2D eigenvalue weighted by Crippen LogP contribution is -2.52. The number of carbonyl (C=O) groups excluding carboxylic acids is 2. The van der Waals surface area contributed by atoms with Gasteiger partial charge in [0.15, 0.2) is 6.10 Å². The Morgan fingerprint density at radius 3 is 2.45 bits per heavy atom. The van der Waals surface area contributed by atoms with E-state index in [0.29, 0.717) is 12.8 Å². The number of nitrogens with one attached hydrogen (secondary N) is 2. The summed E-state index contributed by atoms with van der Waals surface area (Å²) in [7, 11) is 0. The largest absolute Gasteiger partial charge is 0.479 e. The van der Waals surface area contributed by atoms with E-state index >= 15 is 0 Å². The van der Waals surface area contributed by atoms with Crippen LogP contribution in [0.5, 0.6) is 0 Å². The second-order valence-corrected chi connectivity index (χ2v) is 5.14. The van der Waals surface area contributed by atoms with E-state index in [1.54, 1.807) is 13.8 Å². The average molecular weight is 287 g/mol. The molecule has 114 valence electrons. The predicted octanol–water partition coefficient (Wildman–Crippen LogP) is -0.572. The standard InChI is InChI=1S/C12H21N3O5/c1-6(2)9(10(13)16)15-12(19)14-5-7-3-4-8(20-7)11(17)18/h6-9H,3-5H2,1-2H3,(H2,13,16)(H,17,18)(H2,14,15,19). The van der Waals surface area contributed by atoms with Crippen LogP contribution in [0.2, 0.25) is 0 Å². The summed E-state index contributed by atoms with van der Waals surface area (Å²) in [6, 6.07) is -1.27. The third kappa shape index (κ3) is 4.69. The zero-order chi connectivity index (χ0) is 15.3. The van der Waals surface area contributed by atoms with Crippen LogP contribution in [0, 0.1) is 5.92 Å². The summed E-state index contributed by atoms with van der Waals surface area (Å²) in [5.41, 5.74) is 5.18. The maximum absolute atomic E-state index is 11.6. The van der Waals surface area contributed by atoms with E-state index in [2.05, 4.69) is 10.6 Å². The minimum absolute atomic E-state index is 0.114. The lowest BCUT2D eigenvalue weighted by molar-refractivity contribution is -0.149. The Morgan fingerprint density at radius 1 is 1.35 bits per heavy atom. The van der Waals surface area contributed by atoms with Crippen LogP contribution in [0.1, 0.15) is 26.7 Å². The maximum Gasteiger partial charge on any atom is 0.332 e. The molecule has 8 nitrogen and oxygen atoms in total. The summed E-state index contributed by atoms with van der Waals surface area (Å²) in [6.07, 6.45) is -0.133. The quantitative estimate of drug-likeness (QED) is 0.519. The number of primary amides is 1. The third-order valence-electron chi connectivity index (χ3n) is 3.13. The van der Waals surface area contributed by atoms with Gasteiger partial charge in [-0.2, -0.15) is 0 Å². The molecule has 0 aromatic heterocycles. The lowest BCUT2D eigenvalue weighted by atomic mass is 10.0. The van der Waals surface area contributed by atoms with Gasteiger partial charge < -0.3 is 26.2 Å². The van der Waals surface area contributed by atoms with Gasteiger partial charge in [0.2, 0.25) is 5.91 Å². The Morgan fingerprint density at radius 2 is 2.00 bits per heavy atom. The number of hydrogen-bond donors (Lipinski definition) is 4. The summed E-state index contributed by atoms with van der Waals surface area (Å²) in [5, 5.41) is 13.8. The van der Waals surface area contributed by atoms with E-state index in [-0.39, 0.29) is 18.6 Å². The summed E-state index contributed by atoms with van der Waals surface area (Å²) < 4.78 is 5.24. The molecule has 5 N–H and O–H groups in total. The van der Waals surface area contributed by atoms with Crippen molar-refractivity contribution in [3.05, 3.63) is 0 Å². The summed E-state index contributed by atoms with van der Waals surface area (Å²) in [5.74, 6) is -1.71. The molecule has 0 aromatic rings. The number of aliphatic carboxylic acids is 1. The molecule has 1 aliphatic heterocycles. The van der Waals surface area contributed by atoms with Gasteiger partial charge in [-0.25, -0.2) is 9.59 Å². The van der Waals surface area contributed by atoms with Gasteiger partial charge in [-0.15, -0.1) is 0 Å². The SMILES string of the molecule is CC(C)C(NC(=O)NCC1CCC(C(=O)O)O1)C(N)=O. The lowest BCUT2D eigenvalue weighted by Gasteiger charge is -2.20. The van der Waals surface area contributed by atoms with E-state index in [0.717, 1.165) is 0 Å². The minimum atomic E-state index is -0.995. The van der Waals surface area contributed by atoms with Crippen molar-refractivity contribution in [2.75, 3.05) is 6.54 Å². The van der Waals surface area contributed by atoms with Crippen molar-refractivity contribution in [1.29, 1.82) is 0 Å². The first-order chi connectivity index (χ1) is 9.31. The second kappa shape index (κ2) is 7.09. The number of nitrogens with two attached hydrogens (primary N) is 1. The van der Waals surface area contributed by atoms with Crippen LogP contribution in [-0.4, -0.2) is 47.8 Å². The first kappa shape index (κ1) is 16.2. The van der Waals surface area contributed by atoms with Crippen molar-refractivity contribution < 1.29 is 24.2 Å². The van der Waals surface area contributed by atoms with Crippen LogP contribution in [0.3, 0.4) is 0 Å². The van der Waals surface area contributed by atoms with Crippen molar-refractivity contribution in [3.63, 3.8) is 0 Å². The first-order valence-electron chi connectivity index (χ1n) is 6.53. The smallest absolute Gasteiger partial charge is 0.332 e. The van der Waals surface area contributed by atoms with Crippen LogP contribution < -0.4 is 16.4 Å². The average Bonchev–Trinajstić information content (AvgIpc) is 2.81. The summed E-state index contributed by atoms with van der Waals surface area (Å²) in [6.45, 7) is 3.74. The third-order valence-corrected chi connectivity index (χ3v) is 3.13. The van der Waals surface area contributed by atoms with E-state index in [4.69, 9.17) is 15.6 Å². The molecule has 0 saturated carbocycles. The van der Waals surface area contributed by atoms with Crippen molar-refractivity contribution in [2.45, 2.75) is 44.9 Å². The number of carbonyl (C=O) groups is 3. The normalized spacial score (nSPS) is 23.4. The van der Waals surface area contributed by atoms with Crippen molar-refractivity contribution in [2.24, 2.45) is 11.7 Å². The van der Waals surface area contributed by atoms with Crippen LogP contribution >= 0.6 is 0 Å². The van der Waals surface area contributed by atoms with E-state index in [1.807, 2.05) is 0 Å². The molecule has 0 aliphatic carbocycles. The van der Waals surface area contributed by atoms with Crippen LogP contribution in [-0.2, 0) is 14.3 Å². The number of carboxylic acid groups (broad SMARTS) is 1.